The summed E-state index contributed by atoms with van der Waals surface area (Å²) in [6.07, 6.45) is 4.75. The molecule has 144 valence electrons. The van der Waals surface area contributed by atoms with Crippen molar-refractivity contribution in [3.05, 3.63) is 23.0 Å². The number of H-pyrrole nitrogens is 1. The van der Waals surface area contributed by atoms with Gasteiger partial charge in [-0.05, 0) is 44.1 Å². The number of methoxy groups -OCH3 is 1. The predicted octanol–water partition coefficient (Wildman–Crippen LogP) is 2.75. The number of nitrogens with zero attached hydrogens (tertiary/aromatic N) is 2. The molecule has 2 aromatic rings. The molecule has 1 spiro atoms. The molecule has 2 aromatic heterocycles. The third-order valence-corrected chi connectivity index (χ3v) is 6.08. The molecule has 8 heteroatoms. The number of pyridine rings is 1. The number of aromatic nitrogens is 2. The highest BCUT2D eigenvalue weighted by Gasteiger charge is 2.45. The highest BCUT2D eigenvalue weighted by molar-refractivity contribution is 6.34. The van der Waals surface area contributed by atoms with Crippen LogP contribution in [0.25, 0.3) is 10.9 Å². The van der Waals surface area contributed by atoms with Gasteiger partial charge in [-0.3, -0.25) is 9.59 Å². The van der Waals surface area contributed by atoms with E-state index < -0.39 is 6.04 Å². The minimum absolute atomic E-state index is 0.0312. The van der Waals surface area contributed by atoms with Crippen molar-refractivity contribution in [2.24, 2.45) is 5.41 Å². The van der Waals surface area contributed by atoms with E-state index in [4.69, 9.17) is 16.3 Å². The molecule has 0 aromatic carbocycles. The van der Waals surface area contributed by atoms with Crippen LogP contribution in [0.4, 0.5) is 0 Å². The summed E-state index contributed by atoms with van der Waals surface area (Å²) in [5.74, 6) is -0.00498. The second-order valence-electron chi connectivity index (χ2n) is 7.62. The van der Waals surface area contributed by atoms with Crippen LogP contribution in [0.15, 0.2) is 12.1 Å². The summed E-state index contributed by atoms with van der Waals surface area (Å²) in [5, 5.41) is 3.74. The van der Waals surface area contributed by atoms with Crippen molar-refractivity contribution in [3.8, 4) is 5.88 Å². The van der Waals surface area contributed by atoms with E-state index in [9.17, 15) is 9.59 Å². The molecule has 1 saturated heterocycles. The van der Waals surface area contributed by atoms with E-state index in [0.29, 0.717) is 22.5 Å². The Kier molecular flexibility index (Phi) is 4.50. The van der Waals surface area contributed by atoms with Gasteiger partial charge < -0.3 is 19.9 Å². The average molecular weight is 391 g/mol. The molecular formula is C19H23ClN4O3. The molecule has 0 radical (unpaired) electrons. The van der Waals surface area contributed by atoms with Gasteiger partial charge in [0, 0.05) is 24.5 Å². The van der Waals surface area contributed by atoms with E-state index in [1.807, 2.05) is 4.90 Å². The maximum absolute atomic E-state index is 12.7. The zero-order valence-corrected chi connectivity index (χ0v) is 16.2. The number of fused-ring (bicyclic) bond motifs is 1. The van der Waals surface area contributed by atoms with Gasteiger partial charge >= 0.3 is 0 Å². The van der Waals surface area contributed by atoms with Crippen LogP contribution in [0.5, 0.6) is 5.88 Å². The van der Waals surface area contributed by atoms with Crippen LogP contribution in [-0.2, 0) is 4.79 Å². The Labute approximate surface area is 162 Å². The number of halogens is 1. The Morgan fingerprint density at radius 3 is 2.63 bits per heavy atom. The Hall–Kier alpha value is -2.28. The zero-order valence-electron chi connectivity index (χ0n) is 15.5. The molecule has 2 fully saturated rings. The number of rotatable bonds is 4. The highest BCUT2D eigenvalue weighted by atomic mass is 35.5. The van der Waals surface area contributed by atoms with E-state index in [1.54, 1.807) is 19.1 Å². The van der Waals surface area contributed by atoms with Crippen molar-refractivity contribution < 1.29 is 14.3 Å². The van der Waals surface area contributed by atoms with Gasteiger partial charge in [-0.15, -0.1) is 0 Å². The lowest BCUT2D eigenvalue weighted by atomic mass is 9.93. The Morgan fingerprint density at radius 2 is 2.00 bits per heavy atom. The molecule has 7 nitrogen and oxygen atoms in total. The van der Waals surface area contributed by atoms with Crippen LogP contribution in [0, 0.1) is 5.41 Å². The van der Waals surface area contributed by atoms with Crippen molar-refractivity contribution in [1.29, 1.82) is 0 Å². The number of hydrogen-bond donors (Lipinski definition) is 2. The van der Waals surface area contributed by atoms with E-state index in [2.05, 4.69) is 15.3 Å². The van der Waals surface area contributed by atoms with Gasteiger partial charge in [0.15, 0.2) is 5.15 Å². The fourth-order valence-electron chi connectivity index (χ4n) is 3.79. The normalized spacial score (nSPS) is 19.1. The molecule has 2 amide bonds. The molecule has 0 unspecified atom stereocenters. The summed E-state index contributed by atoms with van der Waals surface area (Å²) in [4.78, 5) is 34.2. The summed E-state index contributed by atoms with van der Waals surface area (Å²) >= 11 is 6.13. The Balaban J connectivity index is 1.42. The van der Waals surface area contributed by atoms with Crippen molar-refractivity contribution in [3.63, 3.8) is 0 Å². The lowest BCUT2D eigenvalue weighted by Crippen LogP contribution is -2.49. The van der Waals surface area contributed by atoms with Crippen LogP contribution in [-0.4, -0.2) is 52.9 Å². The number of piperidine rings is 1. The van der Waals surface area contributed by atoms with Crippen LogP contribution >= 0.6 is 11.6 Å². The molecular weight excluding hydrogens is 368 g/mol. The minimum Gasteiger partial charge on any atom is -0.481 e. The molecule has 27 heavy (non-hydrogen) atoms. The van der Waals surface area contributed by atoms with Gasteiger partial charge in [0.05, 0.1) is 12.6 Å². The second-order valence-corrected chi connectivity index (χ2v) is 7.98. The van der Waals surface area contributed by atoms with Crippen LogP contribution in [0.3, 0.4) is 0 Å². The number of amides is 2. The first-order valence-corrected chi connectivity index (χ1v) is 9.61. The average Bonchev–Trinajstić information content (AvgIpc) is 3.26. The summed E-state index contributed by atoms with van der Waals surface area (Å²) in [6, 6.07) is 2.79. The van der Waals surface area contributed by atoms with Gasteiger partial charge in [-0.25, -0.2) is 0 Å². The molecule has 4 rings (SSSR count). The van der Waals surface area contributed by atoms with Gasteiger partial charge in [0.25, 0.3) is 5.91 Å². The third-order valence-electron chi connectivity index (χ3n) is 5.81. The zero-order chi connectivity index (χ0) is 19.2. The summed E-state index contributed by atoms with van der Waals surface area (Å²) < 4.78 is 5.09. The molecule has 1 aliphatic heterocycles. The number of hydrogen-bond acceptors (Lipinski definition) is 4. The van der Waals surface area contributed by atoms with Crippen LogP contribution in [0.1, 0.15) is 43.1 Å². The van der Waals surface area contributed by atoms with Gasteiger partial charge in [0.1, 0.15) is 11.7 Å². The molecule has 3 heterocycles. The smallest absolute Gasteiger partial charge is 0.268 e. The van der Waals surface area contributed by atoms with E-state index in [1.165, 1.54) is 20.0 Å². The van der Waals surface area contributed by atoms with Crippen LogP contribution < -0.4 is 10.1 Å². The minimum atomic E-state index is -0.583. The number of nitrogens with one attached hydrogen (secondary N) is 2. The standard InChI is InChI=1S/C19H23ClN4O3/c1-11(18(26)24-7-5-19(3-4-19)6-8-24)21-17(25)13-9-12-10-14(27-2)23-16(20)15(12)22-13/h9-11,22H,3-8H2,1-2H3,(H,21,25)/t11-/m1/s1. The molecule has 0 bridgehead atoms. The number of carbonyl (C=O) groups is 2. The first-order valence-electron chi connectivity index (χ1n) is 9.24. The first-order chi connectivity index (χ1) is 12.9. The lowest BCUT2D eigenvalue weighted by Gasteiger charge is -2.33. The molecule has 1 aliphatic carbocycles. The highest BCUT2D eigenvalue weighted by Crippen LogP contribution is 2.53. The quantitative estimate of drug-likeness (QED) is 0.786. The maximum Gasteiger partial charge on any atom is 0.268 e. The maximum atomic E-state index is 12.7. The Morgan fingerprint density at radius 1 is 1.30 bits per heavy atom. The van der Waals surface area contributed by atoms with E-state index >= 15 is 0 Å². The van der Waals surface area contributed by atoms with Crippen molar-refractivity contribution in [2.75, 3.05) is 20.2 Å². The third kappa shape index (κ3) is 3.48. The van der Waals surface area contributed by atoms with Gasteiger partial charge in [-0.1, -0.05) is 11.6 Å². The van der Waals surface area contributed by atoms with Gasteiger partial charge in [0.2, 0.25) is 11.8 Å². The van der Waals surface area contributed by atoms with Crippen LogP contribution in [0.2, 0.25) is 5.15 Å². The van der Waals surface area contributed by atoms with Gasteiger partial charge in [-0.2, -0.15) is 4.98 Å². The molecule has 2 aliphatic rings. The molecule has 1 saturated carbocycles. The summed E-state index contributed by atoms with van der Waals surface area (Å²) in [5.41, 5.74) is 1.41. The Bertz CT molecular complexity index is 896. The number of likely N-dealkylation sites (tertiary alicyclic amines) is 1. The topological polar surface area (TPSA) is 87.3 Å². The fraction of sp³-hybridized carbons (Fsp3) is 0.526. The summed E-state index contributed by atoms with van der Waals surface area (Å²) in [7, 11) is 1.50. The van der Waals surface area contributed by atoms with Crippen molar-refractivity contribution >= 4 is 34.3 Å². The SMILES string of the molecule is COc1cc2cc(C(=O)N[C@H](C)C(=O)N3CCC4(CC3)CC4)[nH]c2c(Cl)n1. The number of aromatic amines is 1. The lowest BCUT2D eigenvalue weighted by molar-refractivity contribution is -0.134. The summed E-state index contributed by atoms with van der Waals surface area (Å²) in [6.45, 7) is 3.29. The monoisotopic (exact) mass is 390 g/mol. The van der Waals surface area contributed by atoms with E-state index in [0.717, 1.165) is 31.3 Å². The number of ether oxygens (including phenoxy) is 1. The predicted molar refractivity (Wildman–Crippen MR) is 102 cm³/mol. The molecule has 1 atom stereocenters. The van der Waals surface area contributed by atoms with Crippen molar-refractivity contribution in [2.45, 2.75) is 38.6 Å². The molecule has 2 N–H and O–H groups in total. The number of carbonyl (C=O) groups excluding carboxylic acids is 2. The van der Waals surface area contributed by atoms with Crippen molar-refractivity contribution in [1.82, 2.24) is 20.2 Å². The van der Waals surface area contributed by atoms with E-state index in [-0.39, 0.29) is 17.0 Å². The first kappa shape index (κ1) is 18.1. The fourth-order valence-corrected chi connectivity index (χ4v) is 4.03. The second kappa shape index (κ2) is 6.71. The largest absolute Gasteiger partial charge is 0.481 e.